The van der Waals surface area contributed by atoms with E-state index in [2.05, 4.69) is 25.6 Å². The van der Waals surface area contributed by atoms with Crippen molar-refractivity contribution in [2.75, 3.05) is 5.32 Å². The third kappa shape index (κ3) is 3.16. The highest BCUT2D eigenvalue weighted by molar-refractivity contribution is 6.32. The van der Waals surface area contributed by atoms with Crippen molar-refractivity contribution in [2.45, 2.75) is 38.5 Å². The molecule has 1 aliphatic carbocycles. The Morgan fingerprint density at radius 1 is 1.26 bits per heavy atom. The van der Waals surface area contributed by atoms with E-state index in [-0.39, 0.29) is 10.9 Å². The van der Waals surface area contributed by atoms with Crippen molar-refractivity contribution in [3.63, 3.8) is 0 Å². The van der Waals surface area contributed by atoms with E-state index in [4.69, 9.17) is 11.6 Å². The standard InChI is InChI=1S/C21H19ClFN7O/c1-11-6-13-8-16(23)17-14(9-21(2,3)18(17)29(13)28-11)20(31)27-12-7-15(22)19(24-10-12)30-25-4-5-26-30/h4-8,10,14H,9H2,1-3H3,(H,27,31)/t14-/m1/s1. The monoisotopic (exact) mass is 439 g/mol. The van der Waals surface area contributed by atoms with Crippen LogP contribution in [0.25, 0.3) is 11.3 Å². The Bertz CT molecular complexity index is 1330. The van der Waals surface area contributed by atoms with Gasteiger partial charge < -0.3 is 5.32 Å². The molecule has 0 saturated carbocycles. The molecule has 1 N–H and O–H groups in total. The van der Waals surface area contributed by atoms with Crippen molar-refractivity contribution < 1.29 is 9.18 Å². The second-order valence-corrected chi connectivity index (χ2v) is 8.76. The maximum Gasteiger partial charge on any atom is 0.232 e. The summed E-state index contributed by atoms with van der Waals surface area (Å²) in [7, 11) is 0. The number of rotatable bonds is 3. The van der Waals surface area contributed by atoms with Gasteiger partial charge in [-0.3, -0.25) is 4.79 Å². The van der Waals surface area contributed by atoms with Crippen LogP contribution >= 0.6 is 11.6 Å². The van der Waals surface area contributed by atoms with Gasteiger partial charge in [0.2, 0.25) is 5.91 Å². The third-order valence-corrected chi connectivity index (χ3v) is 5.85. The van der Waals surface area contributed by atoms with Gasteiger partial charge in [-0.15, -0.1) is 4.80 Å². The summed E-state index contributed by atoms with van der Waals surface area (Å²) in [5, 5.41) is 15.6. The zero-order valence-corrected chi connectivity index (χ0v) is 17.9. The molecule has 0 aromatic carbocycles. The molecule has 0 unspecified atom stereocenters. The van der Waals surface area contributed by atoms with E-state index in [0.717, 1.165) is 11.4 Å². The molecule has 158 valence electrons. The smallest absolute Gasteiger partial charge is 0.232 e. The van der Waals surface area contributed by atoms with Gasteiger partial charge in [-0.1, -0.05) is 25.4 Å². The summed E-state index contributed by atoms with van der Waals surface area (Å²) >= 11 is 6.30. The van der Waals surface area contributed by atoms with E-state index in [0.29, 0.717) is 29.0 Å². The van der Waals surface area contributed by atoms with Crippen molar-refractivity contribution in [3.8, 4) is 5.82 Å². The maximum absolute atomic E-state index is 15.1. The fraction of sp³-hybridized carbons (Fsp3) is 0.286. The Morgan fingerprint density at radius 2 is 2.00 bits per heavy atom. The summed E-state index contributed by atoms with van der Waals surface area (Å²) in [6.45, 7) is 5.86. The van der Waals surface area contributed by atoms with Crippen LogP contribution in [0.4, 0.5) is 10.1 Å². The van der Waals surface area contributed by atoms with E-state index in [1.165, 1.54) is 29.5 Å². The number of hydrogen-bond acceptors (Lipinski definition) is 5. The second kappa shape index (κ2) is 6.84. The molecule has 4 heterocycles. The van der Waals surface area contributed by atoms with Crippen LogP contribution in [0.2, 0.25) is 5.02 Å². The SMILES string of the molecule is Cc1cc2cc(F)c3c(n2n1)C(C)(C)C[C@H]3C(=O)Nc1cnc(-n2nccn2)c(Cl)c1. The second-order valence-electron chi connectivity index (χ2n) is 8.35. The highest BCUT2D eigenvalue weighted by atomic mass is 35.5. The molecular weight excluding hydrogens is 421 g/mol. The summed E-state index contributed by atoms with van der Waals surface area (Å²) in [4.78, 5) is 18.7. The molecule has 8 nitrogen and oxygen atoms in total. The first kappa shape index (κ1) is 19.6. The van der Waals surface area contributed by atoms with Crippen molar-refractivity contribution in [3.05, 3.63) is 64.6 Å². The number of nitrogens with zero attached hydrogens (tertiary/aromatic N) is 6. The number of carbonyl (C=O) groups is 1. The van der Waals surface area contributed by atoms with Crippen LogP contribution < -0.4 is 5.32 Å². The van der Waals surface area contributed by atoms with Gasteiger partial charge in [0.1, 0.15) is 5.82 Å². The number of amides is 1. The quantitative estimate of drug-likeness (QED) is 0.524. The van der Waals surface area contributed by atoms with Crippen LogP contribution in [0, 0.1) is 12.7 Å². The summed E-state index contributed by atoms with van der Waals surface area (Å²) in [5.74, 6) is -1.04. The van der Waals surface area contributed by atoms with Crippen molar-refractivity contribution >= 4 is 28.7 Å². The highest BCUT2D eigenvalue weighted by Gasteiger charge is 2.44. The molecule has 10 heteroatoms. The lowest BCUT2D eigenvalue weighted by Crippen LogP contribution is -2.22. The Kier molecular flexibility index (Phi) is 4.33. The zero-order chi connectivity index (χ0) is 21.9. The topological polar surface area (TPSA) is 90.0 Å². The van der Waals surface area contributed by atoms with Crippen molar-refractivity contribution in [2.24, 2.45) is 0 Å². The van der Waals surface area contributed by atoms with E-state index < -0.39 is 17.2 Å². The lowest BCUT2D eigenvalue weighted by atomic mass is 9.88. The molecule has 1 aliphatic rings. The molecule has 4 aromatic heterocycles. The van der Waals surface area contributed by atoms with E-state index in [9.17, 15) is 4.79 Å². The molecule has 0 radical (unpaired) electrons. The molecule has 1 atom stereocenters. The van der Waals surface area contributed by atoms with Crippen LogP contribution in [-0.2, 0) is 10.2 Å². The molecule has 5 rings (SSSR count). The number of aromatic nitrogens is 6. The van der Waals surface area contributed by atoms with E-state index in [1.807, 2.05) is 26.8 Å². The number of aryl methyl sites for hydroxylation is 1. The number of halogens is 2. The van der Waals surface area contributed by atoms with Gasteiger partial charge in [0.25, 0.3) is 0 Å². The van der Waals surface area contributed by atoms with Gasteiger partial charge in [-0.05, 0) is 31.5 Å². The lowest BCUT2D eigenvalue weighted by Gasteiger charge is -2.20. The molecule has 0 saturated heterocycles. The predicted molar refractivity (Wildman–Crippen MR) is 113 cm³/mol. The first-order valence-corrected chi connectivity index (χ1v) is 10.1. The van der Waals surface area contributed by atoms with E-state index >= 15 is 4.39 Å². The molecule has 0 spiro atoms. The Labute approximate surface area is 182 Å². The zero-order valence-electron chi connectivity index (χ0n) is 17.1. The third-order valence-electron chi connectivity index (χ3n) is 5.58. The van der Waals surface area contributed by atoms with Crippen LogP contribution in [0.15, 0.2) is 36.8 Å². The van der Waals surface area contributed by atoms with Gasteiger partial charge >= 0.3 is 0 Å². The average Bonchev–Trinajstić information content (AvgIpc) is 3.39. The normalized spacial score (nSPS) is 17.1. The molecule has 0 bridgehead atoms. The fourth-order valence-corrected chi connectivity index (χ4v) is 4.59. The van der Waals surface area contributed by atoms with E-state index in [1.54, 1.807) is 10.6 Å². The minimum Gasteiger partial charge on any atom is -0.324 e. The lowest BCUT2D eigenvalue weighted by molar-refractivity contribution is -0.117. The molecule has 1 amide bonds. The first-order valence-electron chi connectivity index (χ1n) is 9.77. The first-order chi connectivity index (χ1) is 14.7. The maximum atomic E-state index is 15.1. The largest absolute Gasteiger partial charge is 0.324 e. The Balaban J connectivity index is 1.49. The van der Waals surface area contributed by atoms with Gasteiger partial charge in [0.15, 0.2) is 5.82 Å². The van der Waals surface area contributed by atoms with Gasteiger partial charge in [0, 0.05) is 11.0 Å². The Morgan fingerprint density at radius 3 is 2.71 bits per heavy atom. The van der Waals surface area contributed by atoms with Crippen LogP contribution in [0.5, 0.6) is 0 Å². The minimum absolute atomic E-state index is 0.279. The number of fused-ring (bicyclic) bond motifs is 3. The summed E-state index contributed by atoms with van der Waals surface area (Å²) in [5.41, 5.74) is 2.57. The predicted octanol–water partition coefficient (Wildman–Crippen LogP) is 3.81. The molecule has 0 fully saturated rings. The van der Waals surface area contributed by atoms with Crippen LogP contribution in [0.3, 0.4) is 0 Å². The minimum atomic E-state index is -0.662. The van der Waals surface area contributed by atoms with Gasteiger partial charge in [-0.2, -0.15) is 15.3 Å². The number of pyridine rings is 2. The number of carbonyl (C=O) groups excluding carboxylic acids is 1. The average molecular weight is 440 g/mol. The number of nitrogens with one attached hydrogen (secondary N) is 1. The molecule has 31 heavy (non-hydrogen) atoms. The van der Waals surface area contributed by atoms with Crippen molar-refractivity contribution in [1.82, 2.24) is 29.6 Å². The van der Waals surface area contributed by atoms with Gasteiger partial charge in [-0.25, -0.2) is 13.9 Å². The van der Waals surface area contributed by atoms with Crippen LogP contribution in [0.1, 0.15) is 43.1 Å². The van der Waals surface area contributed by atoms with Crippen LogP contribution in [-0.4, -0.2) is 35.5 Å². The number of anilines is 1. The fourth-order valence-electron chi connectivity index (χ4n) is 4.35. The summed E-state index contributed by atoms with van der Waals surface area (Å²) in [6, 6.07) is 4.84. The highest BCUT2D eigenvalue weighted by Crippen LogP contribution is 2.47. The summed E-state index contributed by atoms with van der Waals surface area (Å²) < 4.78 is 16.9. The summed E-state index contributed by atoms with van der Waals surface area (Å²) in [6.07, 6.45) is 4.96. The van der Waals surface area contributed by atoms with Gasteiger partial charge in [0.05, 0.1) is 52.1 Å². The number of hydrogen-bond donors (Lipinski definition) is 1. The van der Waals surface area contributed by atoms with Crippen molar-refractivity contribution in [1.29, 1.82) is 0 Å². The Hall–Kier alpha value is -3.33. The molecular formula is C21H19ClFN7O. The molecule has 0 aliphatic heterocycles. The molecule has 4 aromatic rings.